The fourth-order valence-corrected chi connectivity index (χ4v) is 3.97. The van der Waals surface area contributed by atoms with Crippen LogP contribution in [-0.2, 0) is 11.3 Å². The molecule has 2 fully saturated rings. The molecule has 0 unspecified atom stereocenters. The Morgan fingerprint density at radius 2 is 2.08 bits per heavy atom. The lowest BCUT2D eigenvalue weighted by Crippen LogP contribution is -2.51. The van der Waals surface area contributed by atoms with Crippen molar-refractivity contribution in [2.75, 3.05) is 25.0 Å². The summed E-state index contributed by atoms with van der Waals surface area (Å²) in [7, 11) is 0. The van der Waals surface area contributed by atoms with Crippen molar-refractivity contribution in [3.8, 4) is 0 Å². The molecule has 2 saturated heterocycles. The summed E-state index contributed by atoms with van der Waals surface area (Å²) < 4.78 is 6.25. The number of ether oxygens (including phenoxy) is 1. The molecule has 7 heteroatoms. The lowest BCUT2D eigenvalue weighted by Gasteiger charge is -2.46. The van der Waals surface area contributed by atoms with Crippen LogP contribution in [0, 0.1) is 6.92 Å². The van der Waals surface area contributed by atoms with Gasteiger partial charge in [0, 0.05) is 56.6 Å². The molecule has 1 spiro atoms. The Morgan fingerprint density at radius 3 is 2.80 bits per heavy atom. The summed E-state index contributed by atoms with van der Waals surface area (Å²) in [5.74, 6) is 1.70. The number of likely N-dealkylation sites (tertiary alicyclic amines) is 1. The number of nitrogens with one attached hydrogen (secondary N) is 2. The summed E-state index contributed by atoms with van der Waals surface area (Å²) in [6.07, 6.45) is 9.69. The van der Waals surface area contributed by atoms with Crippen molar-refractivity contribution < 1.29 is 4.74 Å². The Bertz CT molecular complexity index is 680. The molecule has 2 aromatic rings. The summed E-state index contributed by atoms with van der Waals surface area (Å²) in [4.78, 5) is 18.7. The van der Waals surface area contributed by atoms with Crippen molar-refractivity contribution in [2.24, 2.45) is 0 Å². The first kappa shape index (κ1) is 16.5. The fraction of sp³-hybridized carbons (Fsp3) is 0.611. The predicted octanol–water partition coefficient (Wildman–Crippen LogP) is 2.13. The zero-order valence-electron chi connectivity index (χ0n) is 14.7. The first-order valence-electron chi connectivity index (χ1n) is 9.11. The van der Waals surface area contributed by atoms with Crippen molar-refractivity contribution in [3.63, 3.8) is 0 Å². The Balaban J connectivity index is 1.32. The number of nitrogens with zero attached hydrogens (tertiary/aromatic N) is 4. The maximum atomic E-state index is 6.25. The van der Waals surface area contributed by atoms with Crippen LogP contribution in [0.25, 0.3) is 0 Å². The number of rotatable bonds is 4. The van der Waals surface area contributed by atoms with Gasteiger partial charge in [-0.25, -0.2) is 15.0 Å². The number of imidazole rings is 1. The summed E-state index contributed by atoms with van der Waals surface area (Å²) in [6.45, 7) is 5.87. The van der Waals surface area contributed by atoms with Crippen LogP contribution in [0.5, 0.6) is 0 Å². The van der Waals surface area contributed by atoms with Crippen LogP contribution < -0.4 is 5.32 Å². The summed E-state index contributed by atoms with van der Waals surface area (Å²) in [6, 6.07) is 2.23. The van der Waals surface area contributed by atoms with E-state index < -0.39 is 0 Å². The molecule has 2 N–H and O–H groups in total. The molecule has 2 aliphatic heterocycles. The Hall–Kier alpha value is -1.99. The van der Waals surface area contributed by atoms with Gasteiger partial charge in [-0.05, 0) is 38.7 Å². The number of aryl methyl sites for hydroxylation is 1. The molecule has 0 bridgehead atoms. The molecule has 1 atom stereocenters. The van der Waals surface area contributed by atoms with Crippen LogP contribution in [0.2, 0.25) is 0 Å². The monoisotopic (exact) mass is 342 g/mol. The van der Waals surface area contributed by atoms with Gasteiger partial charge in [0.05, 0.1) is 5.60 Å². The van der Waals surface area contributed by atoms with Crippen LogP contribution in [0.15, 0.2) is 24.7 Å². The molecule has 134 valence electrons. The lowest BCUT2D eigenvalue weighted by atomic mass is 9.82. The number of aromatic amines is 1. The highest BCUT2D eigenvalue weighted by Crippen LogP contribution is 2.36. The molecule has 0 amide bonds. The van der Waals surface area contributed by atoms with Gasteiger partial charge in [-0.1, -0.05) is 0 Å². The maximum Gasteiger partial charge on any atom is 0.222 e. The Kier molecular flexibility index (Phi) is 4.67. The second kappa shape index (κ2) is 7.09. The van der Waals surface area contributed by atoms with Crippen LogP contribution in [-0.4, -0.2) is 56.2 Å². The van der Waals surface area contributed by atoms with Crippen LogP contribution in [0.1, 0.15) is 37.2 Å². The van der Waals surface area contributed by atoms with Gasteiger partial charge >= 0.3 is 0 Å². The molecule has 0 aromatic carbocycles. The molecule has 2 aliphatic rings. The first-order valence-corrected chi connectivity index (χ1v) is 9.11. The zero-order valence-corrected chi connectivity index (χ0v) is 14.7. The third kappa shape index (κ3) is 3.99. The van der Waals surface area contributed by atoms with Crippen molar-refractivity contribution >= 4 is 5.95 Å². The molecule has 4 rings (SSSR count). The highest BCUT2D eigenvalue weighted by atomic mass is 16.5. The third-order valence-corrected chi connectivity index (χ3v) is 5.31. The van der Waals surface area contributed by atoms with Crippen LogP contribution in [0.3, 0.4) is 0 Å². The van der Waals surface area contributed by atoms with E-state index in [0.717, 1.165) is 63.7 Å². The smallest absolute Gasteiger partial charge is 0.222 e. The van der Waals surface area contributed by atoms with E-state index in [-0.39, 0.29) is 5.60 Å². The largest absolute Gasteiger partial charge is 0.375 e. The number of hydrogen-bond acceptors (Lipinski definition) is 6. The van der Waals surface area contributed by atoms with Gasteiger partial charge in [0.15, 0.2) is 0 Å². The molecule has 7 nitrogen and oxygen atoms in total. The van der Waals surface area contributed by atoms with Gasteiger partial charge in [0.2, 0.25) is 5.95 Å². The molecule has 0 radical (unpaired) electrons. The maximum absolute atomic E-state index is 6.25. The molecule has 2 aromatic heterocycles. The van der Waals surface area contributed by atoms with Gasteiger partial charge in [0.1, 0.15) is 5.82 Å². The highest BCUT2D eigenvalue weighted by Gasteiger charge is 2.40. The predicted molar refractivity (Wildman–Crippen MR) is 95.2 cm³/mol. The van der Waals surface area contributed by atoms with Gasteiger partial charge in [-0.15, -0.1) is 0 Å². The molecule has 0 saturated carbocycles. The fourth-order valence-electron chi connectivity index (χ4n) is 3.97. The third-order valence-electron chi connectivity index (χ3n) is 5.31. The molecule has 0 aliphatic carbocycles. The van der Waals surface area contributed by atoms with E-state index in [1.807, 2.05) is 19.2 Å². The number of piperidine rings is 1. The Labute approximate surface area is 148 Å². The zero-order chi connectivity index (χ0) is 17.1. The van der Waals surface area contributed by atoms with Crippen molar-refractivity contribution in [3.05, 3.63) is 36.2 Å². The summed E-state index contributed by atoms with van der Waals surface area (Å²) in [5.41, 5.74) is 1.20. The normalized spacial score (nSPS) is 23.6. The Morgan fingerprint density at radius 1 is 1.28 bits per heavy atom. The van der Waals surface area contributed by atoms with Crippen LogP contribution in [0.4, 0.5) is 5.95 Å². The second-order valence-corrected chi connectivity index (χ2v) is 7.21. The summed E-state index contributed by atoms with van der Waals surface area (Å²) in [5, 5.41) is 3.48. The molecular formula is C18H26N6O. The van der Waals surface area contributed by atoms with E-state index in [9.17, 15) is 0 Å². The summed E-state index contributed by atoms with van der Waals surface area (Å²) >= 11 is 0. The minimum atomic E-state index is 0.00506. The van der Waals surface area contributed by atoms with E-state index >= 15 is 0 Å². The number of H-pyrrole nitrogens is 1. The quantitative estimate of drug-likeness (QED) is 0.886. The standard InChI is InChI=1S/C18H26N6O/c1-14-21-12-16(22-14)13-24-8-4-18(5-9-24)11-15(3-10-25-18)23-17-19-6-2-7-20-17/h2,6-7,12,15H,3-5,8-11,13H2,1H3,(H,21,22)(H,19,20,23)/t15-/m1/s1. The van der Waals surface area contributed by atoms with Crippen molar-refractivity contribution in [1.29, 1.82) is 0 Å². The topological polar surface area (TPSA) is 79.0 Å². The SMILES string of the molecule is Cc1ncc(CN2CCC3(CC2)C[C@H](Nc2ncccn2)CCO3)[nH]1. The van der Waals surface area contributed by atoms with Crippen molar-refractivity contribution in [2.45, 2.75) is 50.8 Å². The van der Waals surface area contributed by atoms with Crippen molar-refractivity contribution in [1.82, 2.24) is 24.8 Å². The lowest BCUT2D eigenvalue weighted by molar-refractivity contribution is -0.115. The number of hydrogen-bond donors (Lipinski definition) is 2. The van der Waals surface area contributed by atoms with E-state index in [2.05, 4.69) is 30.2 Å². The van der Waals surface area contributed by atoms with E-state index in [4.69, 9.17) is 4.74 Å². The molecular weight excluding hydrogens is 316 g/mol. The van der Waals surface area contributed by atoms with Gasteiger partial charge in [-0.3, -0.25) is 4.90 Å². The van der Waals surface area contributed by atoms with Gasteiger partial charge in [0.25, 0.3) is 0 Å². The molecule has 25 heavy (non-hydrogen) atoms. The number of anilines is 1. The van der Waals surface area contributed by atoms with Gasteiger partial charge in [-0.2, -0.15) is 0 Å². The first-order chi connectivity index (χ1) is 12.2. The average Bonchev–Trinajstić information content (AvgIpc) is 3.03. The van der Waals surface area contributed by atoms with E-state index in [1.54, 1.807) is 12.4 Å². The molecule has 4 heterocycles. The van der Waals surface area contributed by atoms with Gasteiger partial charge < -0.3 is 15.0 Å². The highest BCUT2D eigenvalue weighted by molar-refractivity contribution is 5.25. The van der Waals surface area contributed by atoms with Crippen LogP contribution >= 0.6 is 0 Å². The average molecular weight is 342 g/mol. The second-order valence-electron chi connectivity index (χ2n) is 7.21. The minimum absolute atomic E-state index is 0.00506. The minimum Gasteiger partial charge on any atom is -0.375 e. The number of aromatic nitrogens is 4. The van der Waals surface area contributed by atoms with E-state index in [0.29, 0.717) is 6.04 Å². The van der Waals surface area contributed by atoms with E-state index in [1.165, 1.54) is 5.69 Å².